The summed E-state index contributed by atoms with van der Waals surface area (Å²) in [5, 5.41) is 14.3. The molecule has 1 atom stereocenters. The van der Waals surface area contributed by atoms with Crippen LogP contribution in [0.3, 0.4) is 0 Å². The topological polar surface area (TPSA) is 92.1 Å². The maximum Gasteiger partial charge on any atom is 0.396 e. The zero-order valence-corrected chi connectivity index (χ0v) is 13.4. The molecule has 8 nitrogen and oxygen atoms in total. The van der Waals surface area contributed by atoms with Gasteiger partial charge in [-0.15, -0.1) is 5.11 Å². The van der Waals surface area contributed by atoms with Gasteiger partial charge in [0.05, 0.1) is 12.3 Å². The summed E-state index contributed by atoms with van der Waals surface area (Å²) in [6, 6.07) is 14.0. The van der Waals surface area contributed by atoms with Crippen LogP contribution in [0.15, 0.2) is 65.0 Å². The highest BCUT2D eigenvalue weighted by Crippen LogP contribution is 2.36. The number of Topliss-reactive ketones (excluding diaryl/α,β-unsaturated/α-hetero) is 1. The first-order valence-electron chi connectivity index (χ1n) is 7.48. The number of benzene rings is 1. The third-order valence-electron chi connectivity index (χ3n) is 3.43. The highest BCUT2D eigenvalue weighted by Gasteiger charge is 2.26. The smallest absolute Gasteiger partial charge is 0.287 e. The molecule has 0 aliphatic carbocycles. The predicted octanol–water partition coefficient (Wildman–Crippen LogP) is 4.23. The number of rotatable bonds is 5. The molecule has 3 aromatic rings. The van der Waals surface area contributed by atoms with E-state index in [1.165, 1.54) is 12.3 Å². The van der Waals surface area contributed by atoms with Crippen molar-refractivity contribution in [3.05, 3.63) is 83.3 Å². The molecule has 0 aliphatic rings. The molecule has 0 fully saturated rings. The number of aromatic amines is 1. The number of aromatic nitrogens is 3. The fourth-order valence-corrected chi connectivity index (χ4v) is 2.20. The Morgan fingerprint density at radius 3 is 2.54 bits per heavy atom. The van der Waals surface area contributed by atoms with Crippen molar-refractivity contribution in [2.75, 3.05) is 0 Å². The third-order valence-corrected chi connectivity index (χ3v) is 3.43. The Bertz CT molecular complexity index is 1030. The summed E-state index contributed by atoms with van der Waals surface area (Å²) in [6.45, 7) is 14.5. The Morgan fingerprint density at radius 1 is 1.12 bits per heavy atom. The highest BCUT2D eigenvalue weighted by atomic mass is 16.1. The van der Waals surface area contributed by atoms with E-state index < -0.39 is 11.9 Å². The van der Waals surface area contributed by atoms with E-state index in [1.54, 1.807) is 12.1 Å². The van der Waals surface area contributed by atoms with Crippen LogP contribution in [0.5, 0.6) is 0 Å². The maximum absolute atomic E-state index is 12.3. The molecule has 0 amide bonds. The van der Waals surface area contributed by atoms with Gasteiger partial charge in [-0.1, -0.05) is 41.5 Å². The number of nitrogens with zero attached hydrogens (tertiary/aromatic N) is 6. The number of pyridine rings is 1. The van der Waals surface area contributed by atoms with Gasteiger partial charge in [-0.25, -0.2) is 11.4 Å². The summed E-state index contributed by atoms with van der Waals surface area (Å²) in [7, 11) is 0. The van der Waals surface area contributed by atoms with Crippen LogP contribution in [0.4, 0.5) is 11.5 Å². The lowest BCUT2D eigenvalue weighted by molar-refractivity contribution is 0.0971. The average Bonchev–Trinajstić information content (AvgIpc) is 3.12. The monoisotopic (exact) mass is 341 g/mol. The van der Waals surface area contributed by atoms with Crippen LogP contribution < -0.4 is 0 Å². The van der Waals surface area contributed by atoms with Crippen molar-refractivity contribution in [2.24, 2.45) is 10.2 Å². The minimum atomic E-state index is -1.37. The van der Waals surface area contributed by atoms with Crippen LogP contribution in [0.1, 0.15) is 10.5 Å². The molecule has 8 heteroatoms. The van der Waals surface area contributed by atoms with E-state index in [-0.39, 0.29) is 17.2 Å². The van der Waals surface area contributed by atoms with Crippen LogP contribution in [0.2, 0.25) is 0 Å². The summed E-state index contributed by atoms with van der Waals surface area (Å²) in [6.07, 6.45) is 0.0860. The molecule has 0 aliphatic heterocycles. The molecule has 0 saturated heterocycles. The number of H-pyrrole nitrogens is 1. The van der Waals surface area contributed by atoms with Gasteiger partial charge in [-0.2, -0.15) is 5.10 Å². The fourth-order valence-electron chi connectivity index (χ4n) is 2.20. The van der Waals surface area contributed by atoms with E-state index in [9.17, 15) is 4.79 Å². The molecule has 1 aromatic carbocycles. The molecular formula is C18H11N7O. The van der Waals surface area contributed by atoms with Crippen molar-refractivity contribution in [2.45, 2.75) is 6.17 Å². The number of nitrogens with one attached hydrogen (secondary N) is 1. The molecule has 124 valence electrons. The van der Waals surface area contributed by atoms with Gasteiger partial charge >= 0.3 is 6.17 Å². The van der Waals surface area contributed by atoms with Gasteiger partial charge < -0.3 is 0 Å². The van der Waals surface area contributed by atoms with Crippen molar-refractivity contribution in [3.8, 4) is 11.3 Å². The molecule has 1 unspecified atom stereocenters. The zero-order chi connectivity index (χ0) is 18.4. The minimum Gasteiger partial charge on any atom is -0.287 e. The van der Waals surface area contributed by atoms with Gasteiger partial charge in [0.2, 0.25) is 5.82 Å². The molecule has 2 aromatic heterocycles. The Labute approximate surface area is 148 Å². The van der Waals surface area contributed by atoms with E-state index in [4.69, 9.17) is 13.1 Å². The van der Waals surface area contributed by atoms with Crippen molar-refractivity contribution in [3.63, 3.8) is 0 Å². The summed E-state index contributed by atoms with van der Waals surface area (Å²) in [4.78, 5) is 22.8. The number of carbonyl (C=O) groups is 1. The fraction of sp³-hybridized carbons (Fsp3) is 0.0556. The molecule has 26 heavy (non-hydrogen) atoms. The van der Waals surface area contributed by atoms with Crippen LogP contribution in [0, 0.1) is 13.1 Å². The van der Waals surface area contributed by atoms with Gasteiger partial charge in [0, 0.05) is 6.20 Å². The zero-order valence-electron chi connectivity index (χ0n) is 13.4. The lowest BCUT2D eigenvalue weighted by Crippen LogP contribution is -2.15. The van der Waals surface area contributed by atoms with Crippen molar-refractivity contribution >= 4 is 17.3 Å². The minimum absolute atomic E-state index is 0.0290. The summed E-state index contributed by atoms with van der Waals surface area (Å²) < 4.78 is 0. The molecule has 0 saturated carbocycles. The standard InChI is InChI=1S/C18H11N7O/c1-19-15-14(12-8-4-3-5-9-12)22-23-17(15)24-25-18(20-2)16(26)13-10-6-7-11-21-13/h3-11,18H,(H,22,23). The number of azo groups is 1. The van der Waals surface area contributed by atoms with Crippen LogP contribution >= 0.6 is 0 Å². The maximum atomic E-state index is 12.3. The Balaban J connectivity index is 1.89. The van der Waals surface area contributed by atoms with E-state index in [1.807, 2.05) is 30.3 Å². The largest absolute Gasteiger partial charge is 0.396 e. The van der Waals surface area contributed by atoms with Crippen molar-refractivity contribution < 1.29 is 4.79 Å². The molecule has 0 bridgehead atoms. The Kier molecular flexibility index (Phi) is 4.88. The molecule has 3 rings (SSSR count). The van der Waals surface area contributed by atoms with Crippen LogP contribution in [-0.2, 0) is 0 Å². The van der Waals surface area contributed by atoms with E-state index in [0.29, 0.717) is 5.69 Å². The van der Waals surface area contributed by atoms with Gasteiger partial charge in [0.1, 0.15) is 5.69 Å². The SMILES string of the molecule is [C-]#[N+]c1c(N=NC([N+]#[C-])C(=O)c2ccccn2)n[nH]c1-c1ccccc1. The van der Waals surface area contributed by atoms with Crippen LogP contribution in [-0.4, -0.2) is 27.1 Å². The number of ketones is 1. The summed E-state index contributed by atoms with van der Waals surface area (Å²) in [5.41, 5.74) is 1.59. The average molecular weight is 341 g/mol. The van der Waals surface area contributed by atoms with Crippen molar-refractivity contribution in [1.82, 2.24) is 15.2 Å². The highest BCUT2D eigenvalue weighted by molar-refractivity contribution is 5.99. The van der Waals surface area contributed by atoms with Crippen LogP contribution in [0.25, 0.3) is 20.9 Å². The Hall–Kier alpha value is -4.17. The summed E-state index contributed by atoms with van der Waals surface area (Å²) >= 11 is 0. The lowest BCUT2D eigenvalue weighted by atomic mass is 10.1. The molecule has 1 N–H and O–H groups in total. The second kappa shape index (κ2) is 7.60. The number of carbonyl (C=O) groups excluding carboxylic acids is 1. The van der Waals surface area contributed by atoms with E-state index >= 15 is 0 Å². The third kappa shape index (κ3) is 3.35. The normalized spacial score (nSPS) is 11.6. The second-order valence-corrected chi connectivity index (χ2v) is 5.05. The first-order valence-corrected chi connectivity index (χ1v) is 7.48. The van der Waals surface area contributed by atoms with Gasteiger partial charge in [0.25, 0.3) is 11.5 Å². The lowest BCUT2D eigenvalue weighted by Gasteiger charge is -1.98. The first kappa shape index (κ1) is 16.7. The quantitative estimate of drug-likeness (QED) is 0.427. The molecule has 0 radical (unpaired) electrons. The van der Waals surface area contributed by atoms with E-state index in [2.05, 4.69) is 35.1 Å². The first-order chi connectivity index (χ1) is 12.7. The molecular weight excluding hydrogens is 330 g/mol. The Morgan fingerprint density at radius 2 is 1.88 bits per heavy atom. The predicted molar refractivity (Wildman–Crippen MR) is 93.8 cm³/mol. The summed E-state index contributed by atoms with van der Waals surface area (Å²) in [5.74, 6) is -0.533. The van der Waals surface area contributed by atoms with Crippen molar-refractivity contribution in [1.29, 1.82) is 0 Å². The second-order valence-electron chi connectivity index (χ2n) is 5.05. The van der Waals surface area contributed by atoms with Gasteiger partial charge in [-0.3, -0.25) is 19.7 Å². The van der Waals surface area contributed by atoms with Gasteiger partial charge in [-0.05, 0) is 17.7 Å². The number of hydrogen-bond acceptors (Lipinski definition) is 5. The molecule has 2 heterocycles. The van der Waals surface area contributed by atoms with Gasteiger partial charge in [0.15, 0.2) is 0 Å². The van der Waals surface area contributed by atoms with E-state index in [0.717, 1.165) is 5.56 Å². The number of hydrogen-bond donors (Lipinski definition) is 1. The molecule has 0 spiro atoms.